The largest absolute Gasteiger partial charge is 0.446 e. The molecule has 0 fully saturated rings. The summed E-state index contributed by atoms with van der Waals surface area (Å²) >= 11 is 0. The van der Waals surface area contributed by atoms with Gasteiger partial charge >= 0.3 is 12.2 Å². The summed E-state index contributed by atoms with van der Waals surface area (Å²) < 4.78 is 10.9. The molecule has 0 aromatic carbocycles. The Labute approximate surface area is 261 Å². The van der Waals surface area contributed by atoms with Crippen molar-refractivity contribution in [3.05, 3.63) is 0 Å². The monoisotopic (exact) mass is 598 g/mol. The number of likely N-dealkylation sites (N-methyl/N-ethyl adjacent to an activating group) is 1. The van der Waals surface area contributed by atoms with Gasteiger partial charge in [-0.3, -0.25) is 0 Å². The van der Waals surface area contributed by atoms with Crippen molar-refractivity contribution >= 4 is 12.2 Å². The summed E-state index contributed by atoms with van der Waals surface area (Å²) in [5.41, 5.74) is 0. The molecule has 0 saturated carbocycles. The first-order chi connectivity index (χ1) is 20.5. The van der Waals surface area contributed by atoms with E-state index in [1.807, 2.05) is 19.0 Å². The molecule has 0 radical (unpaired) electrons. The number of ether oxygens (including phenoxy) is 2. The van der Waals surface area contributed by atoms with Crippen molar-refractivity contribution in [3.8, 4) is 0 Å². The van der Waals surface area contributed by atoms with Crippen molar-refractivity contribution in [3.63, 3.8) is 0 Å². The number of hydrogen-bond donors (Lipinski definition) is 2. The fourth-order valence-electron chi connectivity index (χ4n) is 5.26. The number of rotatable bonds is 31. The highest BCUT2D eigenvalue weighted by Crippen LogP contribution is 2.13. The Hall–Kier alpha value is -1.50. The highest BCUT2D eigenvalue weighted by molar-refractivity contribution is 5.68. The predicted octanol–water partition coefficient (Wildman–Crippen LogP) is 9.77. The van der Waals surface area contributed by atoms with E-state index < -0.39 is 18.3 Å². The summed E-state index contributed by atoms with van der Waals surface area (Å²) in [5, 5.41) is 5.68. The molecule has 0 rings (SSSR count). The van der Waals surface area contributed by atoms with Crippen LogP contribution in [0.5, 0.6) is 0 Å². The van der Waals surface area contributed by atoms with E-state index in [2.05, 4.69) is 24.5 Å². The maximum absolute atomic E-state index is 12.3. The lowest BCUT2D eigenvalue weighted by Gasteiger charge is -2.21. The summed E-state index contributed by atoms with van der Waals surface area (Å²) in [6.45, 7) is 6.31. The average Bonchev–Trinajstić information content (AvgIpc) is 2.96. The SMILES string of the molecule is CCCCCCCCCCCCCCNC(=O)OCC(CN(C)C)OC(=O)NCCCCCCCCCCCCCC. The lowest BCUT2D eigenvalue weighted by atomic mass is 10.1. The molecule has 2 amide bonds. The van der Waals surface area contributed by atoms with E-state index in [1.165, 1.54) is 128 Å². The zero-order valence-electron chi connectivity index (χ0n) is 28.5. The molecule has 1 unspecified atom stereocenters. The van der Waals surface area contributed by atoms with E-state index >= 15 is 0 Å². The van der Waals surface area contributed by atoms with Crippen LogP contribution in [-0.4, -0.2) is 63.5 Å². The lowest BCUT2D eigenvalue weighted by Crippen LogP contribution is -2.39. The third-order valence-corrected chi connectivity index (χ3v) is 7.84. The minimum Gasteiger partial charge on any atom is -0.446 e. The Bertz CT molecular complexity index is 589. The molecule has 0 heterocycles. The van der Waals surface area contributed by atoms with Gasteiger partial charge < -0.3 is 25.0 Å². The summed E-state index contributed by atoms with van der Waals surface area (Å²) in [5.74, 6) is 0. The van der Waals surface area contributed by atoms with Crippen LogP contribution >= 0.6 is 0 Å². The van der Waals surface area contributed by atoms with Crippen molar-refractivity contribution in [1.29, 1.82) is 0 Å². The number of unbranched alkanes of at least 4 members (excludes halogenated alkanes) is 22. The summed E-state index contributed by atoms with van der Waals surface area (Å²) in [6, 6.07) is 0. The Balaban J connectivity index is 3.75. The zero-order valence-corrected chi connectivity index (χ0v) is 28.5. The number of hydrogen-bond acceptors (Lipinski definition) is 5. The smallest absolute Gasteiger partial charge is 0.407 e. The minimum absolute atomic E-state index is 0.0501. The molecular weight excluding hydrogens is 526 g/mol. The van der Waals surface area contributed by atoms with Gasteiger partial charge in [-0.2, -0.15) is 0 Å². The number of nitrogens with one attached hydrogen (secondary N) is 2. The third kappa shape index (κ3) is 31.4. The van der Waals surface area contributed by atoms with Gasteiger partial charge in [0.15, 0.2) is 6.10 Å². The average molecular weight is 598 g/mol. The molecule has 1 atom stereocenters. The van der Waals surface area contributed by atoms with E-state index in [0.717, 1.165) is 25.7 Å². The molecule has 0 saturated heterocycles. The Morgan fingerprint density at radius 3 is 1.21 bits per heavy atom. The minimum atomic E-state index is -0.501. The normalized spacial score (nSPS) is 11.9. The van der Waals surface area contributed by atoms with Crippen LogP contribution in [0.3, 0.4) is 0 Å². The number of carbonyl (C=O) groups excluding carboxylic acids is 2. The maximum Gasteiger partial charge on any atom is 0.407 e. The van der Waals surface area contributed by atoms with Crippen molar-refractivity contribution < 1.29 is 19.1 Å². The third-order valence-electron chi connectivity index (χ3n) is 7.84. The number of carbonyl (C=O) groups is 2. The van der Waals surface area contributed by atoms with Crippen LogP contribution < -0.4 is 10.6 Å². The van der Waals surface area contributed by atoms with Gasteiger partial charge in [-0.1, -0.05) is 155 Å². The molecule has 0 aliphatic carbocycles. The standard InChI is InChI=1S/C35H71N3O4/c1-5-7-9-11-13-15-17-19-21-23-25-27-29-36-34(39)41-32-33(31-38(3)4)42-35(40)37-30-28-26-24-22-20-18-16-14-12-10-8-6-2/h33H,5-32H2,1-4H3,(H,36,39)(H,37,40). The lowest BCUT2D eigenvalue weighted by molar-refractivity contribution is 0.0318. The number of alkyl carbamates (subject to hydrolysis) is 2. The first kappa shape index (κ1) is 40.5. The molecule has 7 heteroatoms. The molecule has 0 aliphatic rings. The molecule has 250 valence electrons. The first-order valence-corrected chi connectivity index (χ1v) is 18.0. The second-order valence-corrected chi connectivity index (χ2v) is 12.5. The molecule has 0 aliphatic heterocycles. The van der Waals surface area contributed by atoms with Crippen LogP contribution in [0.1, 0.15) is 168 Å². The maximum atomic E-state index is 12.3. The van der Waals surface area contributed by atoms with Gasteiger partial charge in [0.05, 0.1) is 0 Å². The van der Waals surface area contributed by atoms with Crippen LogP contribution in [0.2, 0.25) is 0 Å². The molecular formula is C35H71N3O4. The van der Waals surface area contributed by atoms with Gasteiger partial charge in [0.25, 0.3) is 0 Å². The molecule has 0 aromatic rings. The van der Waals surface area contributed by atoms with Gasteiger partial charge in [0.2, 0.25) is 0 Å². The quantitative estimate of drug-likeness (QED) is 0.0778. The van der Waals surface area contributed by atoms with Crippen LogP contribution in [0.15, 0.2) is 0 Å². The summed E-state index contributed by atoms with van der Waals surface area (Å²) in [7, 11) is 3.82. The molecule has 42 heavy (non-hydrogen) atoms. The van der Waals surface area contributed by atoms with E-state index in [-0.39, 0.29) is 6.61 Å². The fourth-order valence-corrected chi connectivity index (χ4v) is 5.26. The van der Waals surface area contributed by atoms with Crippen molar-refractivity contribution in [2.45, 2.75) is 174 Å². The van der Waals surface area contributed by atoms with Gasteiger partial charge in [0.1, 0.15) is 6.61 Å². The Morgan fingerprint density at radius 2 is 0.857 bits per heavy atom. The molecule has 0 spiro atoms. The number of nitrogens with zero attached hydrogens (tertiary/aromatic N) is 1. The second-order valence-electron chi connectivity index (χ2n) is 12.5. The van der Waals surface area contributed by atoms with Crippen molar-refractivity contribution in [2.24, 2.45) is 0 Å². The van der Waals surface area contributed by atoms with Crippen LogP contribution in [-0.2, 0) is 9.47 Å². The second kappa shape index (κ2) is 32.4. The highest BCUT2D eigenvalue weighted by Gasteiger charge is 2.17. The van der Waals surface area contributed by atoms with E-state index in [9.17, 15) is 9.59 Å². The fraction of sp³-hybridized carbons (Fsp3) is 0.943. The Kier molecular flexibility index (Phi) is 31.3. The van der Waals surface area contributed by atoms with Gasteiger partial charge in [0, 0.05) is 19.6 Å². The summed E-state index contributed by atoms with van der Waals surface area (Å²) in [6.07, 6.45) is 29.6. The van der Waals surface area contributed by atoms with Crippen LogP contribution in [0.25, 0.3) is 0 Å². The van der Waals surface area contributed by atoms with Crippen molar-refractivity contribution in [2.75, 3.05) is 40.3 Å². The molecule has 7 nitrogen and oxygen atoms in total. The number of amides is 2. The first-order valence-electron chi connectivity index (χ1n) is 18.0. The van der Waals surface area contributed by atoms with E-state index in [0.29, 0.717) is 19.6 Å². The van der Waals surface area contributed by atoms with Gasteiger partial charge in [-0.15, -0.1) is 0 Å². The molecule has 2 N–H and O–H groups in total. The van der Waals surface area contributed by atoms with Crippen LogP contribution in [0, 0.1) is 0 Å². The zero-order chi connectivity index (χ0) is 30.9. The van der Waals surface area contributed by atoms with Crippen molar-refractivity contribution in [1.82, 2.24) is 15.5 Å². The Morgan fingerprint density at radius 1 is 0.524 bits per heavy atom. The predicted molar refractivity (Wildman–Crippen MR) is 178 cm³/mol. The molecule has 0 bridgehead atoms. The molecule has 0 aromatic heterocycles. The van der Waals surface area contributed by atoms with Crippen LogP contribution in [0.4, 0.5) is 9.59 Å². The topological polar surface area (TPSA) is 79.9 Å². The van der Waals surface area contributed by atoms with Gasteiger partial charge in [-0.25, -0.2) is 9.59 Å². The van der Waals surface area contributed by atoms with E-state index in [4.69, 9.17) is 9.47 Å². The highest BCUT2D eigenvalue weighted by atomic mass is 16.6. The van der Waals surface area contributed by atoms with Gasteiger partial charge in [-0.05, 0) is 26.9 Å². The summed E-state index contributed by atoms with van der Waals surface area (Å²) in [4.78, 5) is 26.3. The van der Waals surface area contributed by atoms with E-state index in [1.54, 1.807) is 0 Å².